The summed E-state index contributed by atoms with van der Waals surface area (Å²) in [6, 6.07) is 5.48. The zero-order chi connectivity index (χ0) is 24.4. The number of benzene rings is 1. The fraction of sp³-hybridized carbons (Fsp3) is 0.364. The number of nitrogens with zero attached hydrogens (tertiary/aromatic N) is 10. The molecule has 0 saturated carbocycles. The van der Waals surface area contributed by atoms with Gasteiger partial charge in [0, 0.05) is 51.0 Å². The highest BCUT2D eigenvalue weighted by molar-refractivity contribution is 5.75. The van der Waals surface area contributed by atoms with Gasteiger partial charge in [0.15, 0.2) is 17.5 Å². The van der Waals surface area contributed by atoms with Gasteiger partial charge in [-0.05, 0) is 42.1 Å². The van der Waals surface area contributed by atoms with E-state index < -0.39 is 11.6 Å². The molecular weight excluding hydrogens is 456 g/mol. The number of hydrogen-bond acceptors (Lipinski definition) is 9. The minimum absolute atomic E-state index is 0.126. The van der Waals surface area contributed by atoms with E-state index in [2.05, 4.69) is 47.7 Å². The lowest BCUT2D eigenvalue weighted by molar-refractivity contribution is 0.151. The van der Waals surface area contributed by atoms with Crippen LogP contribution in [0.1, 0.15) is 6.42 Å². The first-order valence-corrected chi connectivity index (χ1v) is 11.3. The van der Waals surface area contributed by atoms with E-state index in [1.54, 1.807) is 16.9 Å². The summed E-state index contributed by atoms with van der Waals surface area (Å²) >= 11 is 0. The van der Waals surface area contributed by atoms with E-state index in [9.17, 15) is 8.78 Å². The van der Waals surface area contributed by atoms with Crippen LogP contribution in [-0.4, -0.2) is 89.8 Å². The number of piperazine rings is 1. The highest BCUT2D eigenvalue weighted by Gasteiger charge is 2.20. The van der Waals surface area contributed by atoms with Crippen molar-refractivity contribution in [3.8, 4) is 28.3 Å². The highest BCUT2D eigenvalue weighted by atomic mass is 19.2. The number of hydrogen-bond donors (Lipinski definition) is 1. The van der Waals surface area contributed by atoms with Crippen LogP contribution in [0.25, 0.3) is 28.3 Å². The van der Waals surface area contributed by atoms with Gasteiger partial charge >= 0.3 is 0 Å². The number of aromatic nitrogens is 8. The summed E-state index contributed by atoms with van der Waals surface area (Å²) in [5.74, 6) is -1.81. The molecule has 5 rings (SSSR count). The first-order valence-electron chi connectivity index (χ1n) is 11.3. The number of aryl methyl sites for hydroxylation is 1. The molecule has 0 unspecified atom stereocenters. The summed E-state index contributed by atoms with van der Waals surface area (Å²) in [6.07, 6.45) is 4.39. The Labute approximate surface area is 200 Å². The summed E-state index contributed by atoms with van der Waals surface area (Å²) in [6.45, 7) is 6.10. The molecule has 1 aromatic carbocycles. The summed E-state index contributed by atoms with van der Waals surface area (Å²) in [5, 5.41) is 19.9. The van der Waals surface area contributed by atoms with Crippen LogP contribution in [0.15, 0.2) is 36.7 Å². The fourth-order valence-corrected chi connectivity index (χ4v) is 4.04. The zero-order valence-corrected chi connectivity index (χ0v) is 19.2. The van der Waals surface area contributed by atoms with Crippen molar-refractivity contribution in [3.63, 3.8) is 0 Å². The van der Waals surface area contributed by atoms with Crippen LogP contribution in [0.4, 0.5) is 14.6 Å². The van der Waals surface area contributed by atoms with Crippen LogP contribution in [0.2, 0.25) is 0 Å². The lowest BCUT2D eigenvalue weighted by atomic mass is 10.1. The Kier molecular flexibility index (Phi) is 6.42. The fourth-order valence-electron chi connectivity index (χ4n) is 4.04. The number of nitrogens with two attached hydrogens (primary N) is 1. The average molecular weight is 482 g/mol. The lowest BCUT2D eigenvalue weighted by Crippen LogP contribution is -2.44. The van der Waals surface area contributed by atoms with Crippen LogP contribution in [0.5, 0.6) is 0 Å². The Morgan fingerprint density at radius 3 is 2.69 bits per heavy atom. The topological polar surface area (TPSA) is 120 Å². The van der Waals surface area contributed by atoms with Crippen molar-refractivity contribution in [2.75, 3.05) is 45.5 Å². The highest BCUT2D eigenvalue weighted by Crippen LogP contribution is 2.29. The number of rotatable bonds is 7. The largest absolute Gasteiger partial charge is 0.383 e. The maximum Gasteiger partial charge on any atom is 0.190 e. The Balaban J connectivity index is 1.34. The van der Waals surface area contributed by atoms with Gasteiger partial charge < -0.3 is 15.5 Å². The number of tetrazole rings is 1. The molecule has 0 radical (unpaired) electrons. The molecule has 4 heterocycles. The maximum atomic E-state index is 14.4. The predicted molar refractivity (Wildman–Crippen MR) is 124 cm³/mol. The van der Waals surface area contributed by atoms with E-state index in [-0.39, 0.29) is 17.3 Å². The van der Waals surface area contributed by atoms with E-state index in [1.165, 1.54) is 12.1 Å². The Bertz CT molecular complexity index is 1310. The standard InChI is InChI=1S/C22H25F2N11/c1-32-8-10-33(11-9-32)6-3-7-34-14-18(27-30-34)15-12-16(21(25)26-13-15)22-28-29-31-35(22)19-5-2-4-17(23)20(19)24/h2,4-5,12-14H,3,6-11H2,1H3,(H2,25,26). The minimum Gasteiger partial charge on any atom is -0.383 e. The molecule has 1 aliphatic heterocycles. The number of pyridine rings is 1. The van der Waals surface area contributed by atoms with Gasteiger partial charge in [0.25, 0.3) is 0 Å². The predicted octanol–water partition coefficient (Wildman–Crippen LogP) is 1.48. The molecule has 4 aromatic rings. The second-order valence-corrected chi connectivity index (χ2v) is 8.51. The van der Waals surface area contributed by atoms with Gasteiger partial charge in [-0.1, -0.05) is 11.3 Å². The van der Waals surface area contributed by atoms with Crippen LogP contribution < -0.4 is 5.73 Å². The Morgan fingerprint density at radius 2 is 1.86 bits per heavy atom. The first kappa shape index (κ1) is 22.9. The van der Waals surface area contributed by atoms with Crippen molar-refractivity contribution >= 4 is 5.82 Å². The van der Waals surface area contributed by atoms with Gasteiger partial charge in [-0.3, -0.25) is 4.68 Å². The van der Waals surface area contributed by atoms with Crippen molar-refractivity contribution in [2.45, 2.75) is 13.0 Å². The molecule has 3 aromatic heterocycles. The molecule has 0 bridgehead atoms. The second-order valence-electron chi connectivity index (χ2n) is 8.51. The lowest BCUT2D eigenvalue weighted by Gasteiger charge is -2.32. The molecule has 0 atom stereocenters. The molecule has 13 heteroatoms. The SMILES string of the molecule is CN1CCN(CCCn2cc(-c3cnc(N)c(-c4nnnn4-c4cccc(F)c4F)c3)nn2)CC1. The van der Waals surface area contributed by atoms with Gasteiger partial charge in [0.05, 0.1) is 11.8 Å². The summed E-state index contributed by atoms with van der Waals surface area (Å²) < 4.78 is 31.0. The Morgan fingerprint density at radius 1 is 1.03 bits per heavy atom. The van der Waals surface area contributed by atoms with Crippen LogP contribution >= 0.6 is 0 Å². The number of anilines is 1. The third-order valence-electron chi connectivity index (χ3n) is 6.08. The minimum atomic E-state index is -1.07. The molecule has 0 aliphatic carbocycles. The second kappa shape index (κ2) is 9.80. The third-order valence-corrected chi connectivity index (χ3v) is 6.08. The quantitative estimate of drug-likeness (QED) is 0.418. The van der Waals surface area contributed by atoms with Crippen molar-refractivity contribution < 1.29 is 8.78 Å². The van der Waals surface area contributed by atoms with Crippen LogP contribution in [0.3, 0.4) is 0 Å². The van der Waals surface area contributed by atoms with E-state index in [0.717, 1.165) is 56.4 Å². The normalized spacial score (nSPS) is 15.1. The van der Waals surface area contributed by atoms with Gasteiger partial charge in [0.1, 0.15) is 17.2 Å². The maximum absolute atomic E-state index is 14.4. The first-order chi connectivity index (χ1) is 17.0. The Hall–Kier alpha value is -3.84. The molecule has 35 heavy (non-hydrogen) atoms. The zero-order valence-electron chi connectivity index (χ0n) is 19.2. The summed E-state index contributed by atoms with van der Waals surface area (Å²) in [4.78, 5) is 9.03. The van der Waals surface area contributed by atoms with E-state index in [0.29, 0.717) is 16.8 Å². The smallest absolute Gasteiger partial charge is 0.190 e. The van der Waals surface area contributed by atoms with Crippen molar-refractivity contribution in [1.29, 1.82) is 0 Å². The van der Waals surface area contributed by atoms with E-state index in [1.807, 2.05) is 6.20 Å². The summed E-state index contributed by atoms with van der Waals surface area (Å²) in [5.41, 5.74) is 7.56. The molecule has 0 amide bonds. The molecule has 11 nitrogen and oxygen atoms in total. The third kappa shape index (κ3) is 4.86. The van der Waals surface area contributed by atoms with Gasteiger partial charge in [-0.15, -0.1) is 10.2 Å². The monoisotopic (exact) mass is 481 g/mol. The summed E-state index contributed by atoms with van der Waals surface area (Å²) in [7, 11) is 2.14. The molecular formula is C22H25F2N11. The van der Waals surface area contributed by atoms with Crippen LogP contribution in [-0.2, 0) is 6.54 Å². The molecule has 0 spiro atoms. The molecule has 1 fully saturated rings. The molecule has 2 N–H and O–H groups in total. The molecule has 182 valence electrons. The van der Waals surface area contributed by atoms with Crippen molar-refractivity contribution in [2.24, 2.45) is 0 Å². The van der Waals surface area contributed by atoms with Gasteiger partial charge in [0.2, 0.25) is 0 Å². The number of halogens is 2. The van der Waals surface area contributed by atoms with E-state index in [4.69, 9.17) is 5.73 Å². The van der Waals surface area contributed by atoms with Crippen molar-refractivity contribution in [3.05, 3.63) is 48.3 Å². The van der Waals surface area contributed by atoms with Gasteiger partial charge in [-0.25, -0.2) is 13.8 Å². The van der Waals surface area contributed by atoms with Crippen LogP contribution in [0, 0.1) is 11.6 Å². The van der Waals surface area contributed by atoms with E-state index >= 15 is 0 Å². The number of nitrogen functional groups attached to an aromatic ring is 1. The van der Waals surface area contributed by atoms with Gasteiger partial charge in [-0.2, -0.15) is 4.68 Å². The molecule has 1 saturated heterocycles. The number of likely N-dealkylation sites (N-methyl/N-ethyl adjacent to an activating group) is 1. The van der Waals surface area contributed by atoms with Crippen molar-refractivity contribution in [1.82, 2.24) is 50.0 Å². The average Bonchev–Trinajstić information content (AvgIpc) is 3.53. The molecule has 1 aliphatic rings.